The number of aliphatic imine (C=N–C) groups is 1. The number of nitrogens with zero attached hydrogens (tertiary/aromatic N) is 2. The molecule has 4 rings (SSSR count). The van der Waals surface area contributed by atoms with Gasteiger partial charge in [0.05, 0.1) is 42.2 Å². The number of nitrogens with one attached hydrogen (secondary N) is 1. The molecule has 0 bridgehead atoms. The number of rotatable bonds is 12. The van der Waals surface area contributed by atoms with E-state index in [9.17, 15) is 45.3 Å². The van der Waals surface area contributed by atoms with Crippen LogP contribution in [0.5, 0.6) is 0 Å². The molecule has 1 aliphatic carbocycles. The third-order valence-corrected chi connectivity index (χ3v) is 8.63. The van der Waals surface area contributed by atoms with Crippen molar-refractivity contribution < 1.29 is 64.3 Å². The number of hydrogen-bond donors (Lipinski definition) is 9. The average molecular weight is 681 g/mol. The highest BCUT2D eigenvalue weighted by atomic mass is 16.8. The van der Waals surface area contributed by atoms with E-state index in [0.717, 1.165) is 19.1 Å². The number of aliphatic carboxylic acids is 1. The van der Waals surface area contributed by atoms with Crippen LogP contribution in [0.25, 0.3) is 0 Å². The van der Waals surface area contributed by atoms with Crippen LogP contribution in [0.3, 0.4) is 0 Å². The maximum atomic E-state index is 13.5. The fraction of sp³-hybridized carbons (Fsp3) is 0.581. The molecular weight excluding hydrogens is 636 g/mol. The molecule has 10 N–H and O–H groups in total. The van der Waals surface area contributed by atoms with Gasteiger partial charge < -0.3 is 70.6 Å². The lowest BCUT2D eigenvalue weighted by atomic mass is 9.83. The summed E-state index contributed by atoms with van der Waals surface area (Å²) in [5.74, 6) is -6.96. The lowest BCUT2D eigenvalue weighted by Crippen LogP contribution is -2.68. The average Bonchev–Trinajstić information content (AvgIpc) is 3.57. The van der Waals surface area contributed by atoms with Crippen LogP contribution in [-0.4, -0.2) is 135 Å². The monoisotopic (exact) mass is 680 g/mol. The number of nitrogens with two attached hydrogens (primary N) is 1. The number of carboxylic acids is 1. The summed E-state index contributed by atoms with van der Waals surface area (Å²) < 4.78 is 22.7. The summed E-state index contributed by atoms with van der Waals surface area (Å²) in [6.07, 6.45) is 0.967. The molecule has 2 fully saturated rings. The first-order valence-corrected chi connectivity index (χ1v) is 15.5. The Morgan fingerprint density at radius 1 is 1.21 bits per heavy atom. The summed E-state index contributed by atoms with van der Waals surface area (Å²) >= 11 is 0. The molecule has 48 heavy (non-hydrogen) atoms. The number of hydrogen-bond acceptors (Lipinski definition) is 14. The minimum atomic E-state index is -3.11. The number of guanidine groups is 1. The molecule has 0 aromatic heterocycles. The zero-order chi connectivity index (χ0) is 35.2. The number of aliphatic hydroxyl groups is 6. The van der Waals surface area contributed by atoms with Crippen molar-refractivity contribution in [1.82, 2.24) is 10.2 Å². The number of allylic oxidation sites excluding steroid dienone is 1. The summed E-state index contributed by atoms with van der Waals surface area (Å²) in [7, 11) is 1.42. The van der Waals surface area contributed by atoms with E-state index in [0.29, 0.717) is 18.4 Å². The van der Waals surface area contributed by atoms with Gasteiger partial charge in [-0.05, 0) is 31.3 Å². The number of carboxylic acid groups (broad SMARTS) is 1. The van der Waals surface area contributed by atoms with E-state index in [4.69, 9.17) is 24.7 Å². The molecule has 7 atom stereocenters. The van der Waals surface area contributed by atoms with Crippen molar-refractivity contribution in [3.63, 3.8) is 0 Å². The lowest BCUT2D eigenvalue weighted by molar-refractivity contribution is -0.404. The minimum absolute atomic E-state index is 0.0657. The number of carbonyl (C=O) groups excluding carboxylic acids is 1. The Morgan fingerprint density at radius 2 is 1.92 bits per heavy atom. The van der Waals surface area contributed by atoms with Crippen molar-refractivity contribution >= 4 is 17.9 Å². The van der Waals surface area contributed by atoms with Gasteiger partial charge in [0.15, 0.2) is 18.4 Å². The molecule has 7 unspecified atom stereocenters. The van der Waals surface area contributed by atoms with Crippen LogP contribution >= 0.6 is 0 Å². The van der Waals surface area contributed by atoms with Crippen LogP contribution in [-0.2, 0) is 28.5 Å². The first-order chi connectivity index (χ1) is 22.9. The van der Waals surface area contributed by atoms with Gasteiger partial charge in [-0.2, -0.15) is 0 Å². The number of aliphatic hydroxyl groups excluding tert-OH is 4. The van der Waals surface area contributed by atoms with Crippen molar-refractivity contribution in [1.29, 1.82) is 0 Å². The molecule has 3 aliphatic heterocycles. The lowest BCUT2D eigenvalue weighted by Gasteiger charge is -2.46. The van der Waals surface area contributed by atoms with Crippen molar-refractivity contribution in [3.05, 3.63) is 59.7 Å². The summed E-state index contributed by atoms with van der Waals surface area (Å²) in [5.41, 5.74) is 6.34. The van der Waals surface area contributed by atoms with Crippen LogP contribution in [0.4, 0.5) is 0 Å². The third kappa shape index (κ3) is 8.07. The van der Waals surface area contributed by atoms with Crippen LogP contribution < -0.4 is 11.1 Å². The van der Waals surface area contributed by atoms with Crippen LogP contribution in [0.1, 0.15) is 25.7 Å². The summed E-state index contributed by atoms with van der Waals surface area (Å²) in [5, 5.41) is 73.4. The number of carbonyl (C=O) groups is 2. The fourth-order valence-corrected chi connectivity index (χ4v) is 5.95. The molecule has 17 heteroatoms. The molecule has 0 radical (unpaired) electrons. The van der Waals surface area contributed by atoms with Crippen LogP contribution in [0, 0.1) is 11.8 Å². The molecule has 0 amide bonds. The number of esters is 1. The van der Waals surface area contributed by atoms with Gasteiger partial charge in [0, 0.05) is 32.3 Å². The molecule has 0 spiro atoms. The second-order valence-corrected chi connectivity index (χ2v) is 11.8. The maximum absolute atomic E-state index is 13.5. The Kier molecular flexibility index (Phi) is 12.4. The van der Waals surface area contributed by atoms with Crippen molar-refractivity contribution in [2.45, 2.75) is 68.5 Å². The van der Waals surface area contributed by atoms with Gasteiger partial charge >= 0.3 is 11.9 Å². The Morgan fingerprint density at radius 3 is 2.52 bits per heavy atom. The zero-order valence-electron chi connectivity index (χ0n) is 26.4. The predicted octanol–water partition coefficient (Wildman–Crippen LogP) is -2.11. The Bertz CT molecular complexity index is 1350. The highest BCUT2D eigenvalue weighted by Gasteiger charge is 2.56. The number of ether oxygens (including phenoxy) is 4. The summed E-state index contributed by atoms with van der Waals surface area (Å²) in [4.78, 5) is 31.2. The minimum Gasteiger partial charge on any atom is -0.478 e. The Balaban J connectivity index is 1.73. The van der Waals surface area contributed by atoms with Gasteiger partial charge in [0.2, 0.25) is 12.1 Å². The molecular formula is C31H44N4O13. The van der Waals surface area contributed by atoms with Crippen LogP contribution in [0.2, 0.25) is 0 Å². The highest BCUT2D eigenvalue weighted by molar-refractivity contribution is 5.95. The molecule has 4 aliphatic rings. The van der Waals surface area contributed by atoms with Gasteiger partial charge in [-0.3, -0.25) is 4.99 Å². The molecule has 17 nitrogen and oxygen atoms in total. The van der Waals surface area contributed by atoms with E-state index < -0.39 is 67.1 Å². The fourth-order valence-electron chi connectivity index (χ4n) is 5.95. The Hall–Kier alpha value is -3.81. The smallest absolute Gasteiger partial charge is 0.339 e. The highest BCUT2D eigenvalue weighted by Crippen LogP contribution is 2.38. The van der Waals surface area contributed by atoms with Crippen LogP contribution in [0.15, 0.2) is 64.7 Å². The summed E-state index contributed by atoms with van der Waals surface area (Å²) in [6.45, 7) is 3.01. The molecule has 1 saturated heterocycles. The number of β-amino-alcohol motifs (C(OH)–C–C–N with tert-alkyl or cyclic N) is 1. The normalized spacial score (nSPS) is 31.3. The van der Waals surface area contributed by atoms with E-state index in [-0.39, 0.29) is 48.6 Å². The summed E-state index contributed by atoms with van der Waals surface area (Å²) in [6, 6.07) is 0. The standard InChI is InChI=1S/C31H44N4O13/c1-3-18-19(9-8-16-12-35(10-11-36)13-20(26(40)41)23(16)34-30(32)33-2)21(27(42)46-17-6-4-5-7-17)15-45-28(18)48-29-25(39)31(43,44)24(38)22(14-37)47-29/h3,8-9,13,15,17-19,22,24-25,28-29,36-39,43-44H,1,4-7,10-12,14H2,2H3,(H,40,41)(H3,32,33,34). The second-order valence-electron chi connectivity index (χ2n) is 11.8. The van der Waals surface area contributed by atoms with E-state index >= 15 is 0 Å². The maximum Gasteiger partial charge on any atom is 0.339 e. The second kappa shape index (κ2) is 16.1. The zero-order valence-corrected chi connectivity index (χ0v) is 26.4. The Labute approximate surface area is 276 Å². The van der Waals surface area contributed by atoms with Gasteiger partial charge in [0.1, 0.15) is 18.3 Å². The molecule has 0 aromatic rings. The van der Waals surface area contributed by atoms with E-state index in [2.05, 4.69) is 16.9 Å². The predicted molar refractivity (Wildman–Crippen MR) is 166 cm³/mol. The van der Waals surface area contributed by atoms with Crippen molar-refractivity contribution in [2.24, 2.45) is 22.6 Å². The molecule has 3 heterocycles. The van der Waals surface area contributed by atoms with E-state index in [1.165, 1.54) is 19.3 Å². The quantitative estimate of drug-likeness (QED) is 0.0351. The molecule has 1 saturated carbocycles. The van der Waals surface area contributed by atoms with Gasteiger partial charge in [-0.15, -0.1) is 6.58 Å². The van der Waals surface area contributed by atoms with Crippen molar-refractivity contribution in [3.8, 4) is 0 Å². The topological polar surface area (TPSA) is 266 Å². The van der Waals surface area contributed by atoms with Gasteiger partial charge in [-0.1, -0.05) is 18.2 Å². The third-order valence-electron chi connectivity index (χ3n) is 8.63. The largest absolute Gasteiger partial charge is 0.478 e. The van der Waals surface area contributed by atoms with E-state index in [1.54, 1.807) is 17.1 Å². The van der Waals surface area contributed by atoms with Gasteiger partial charge in [0.25, 0.3) is 0 Å². The van der Waals surface area contributed by atoms with Crippen molar-refractivity contribution in [2.75, 3.05) is 33.4 Å². The van der Waals surface area contributed by atoms with Gasteiger partial charge in [-0.25, -0.2) is 9.59 Å². The molecule has 0 aromatic carbocycles. The molecule has 266 valence electrons. The first-order valence-electron chi connectivity index (χ1n) is 15.5. The van der Waals surface area contributed by atoms with E-state index in [1.807, 2.05) is 0 Å². The SMILES string of the molecule is C=CC1C(OC2OC(CO)C(O)C(O)(O)C2O)OC=C(C(=O)OC2CCCC2)C1C=CC1=C(NC(N)=NC)C(C(=O)O)=CN(CCO)C1. The first kappa shape index (κ1) is 37.0.